The SMILES string of the molecule is Cc1cc(C)n(-c2cncc(N3CCS(=O)(=O)C(C)(C)C3)n2)n1. The standard InChI is InChI=1S/C15H21N5O2S/c1-11-7-12(2)20(18-11)14-9-16-8-13(17-14)19-5-6-23(21,22)15(3,4)10-19/h7-9H,5-6,10H2,1-4H3. The van der Waals surface area contributed by atoms with Crippen molar-refractivity contribution in [3.05, 3.63) is 29.8 Å². The molecule has 3 rings (SSSR count). The van der Waals surface area contributed by atoms with E-state index in [2.05, 4.69) is 15.1 Å². The van der Waals surface area contributed by atoms with Crippen LogP contribution < -0.4 is 4.90 Å². The third-order valence-electron chi connectivity index (χ3n) is 4.20. The van der Waals surface area contributed by atoms with Crippen molar-refractivity contribution in [2.75, 3.05) is 23.7 Å². The second-order valence-corrected chi connectivity index (χ2v) is 9.32. The Balaban J connectivity index is 1.94. The summed E-state index contributed by atoms with van der Waals surface area (Å²) >= 11 is 0. The number of nitrogens with zero attached hydrogens (tertiary/aromatic N) is 5. The van der Waals surface area contributed by atoms with Crippen LogP contribution in [-0.2, 0) is 9.84 Å². The first-order valence-electron chi connectivity index (χ1n) is 7.52. The van der Waals surface area contributed by atoms with E-state index in [-0.39, 0.29) is 5.75 Å². The number of rotatable bonds is 2. The fourth-order valence-corrected chi connectivity index (χ4v) is 4.17. The van der Waals surface area contributed by atoms with Crippen LogP contribution in [0.15, 0.2) is 18.5 Å². The van der Waals surface area contributed by atoms with Gasteiger partial charge < -0.3 is 4.90 Å². The van der Waals surface area contributed by atoms with E-state index in [1.54, 1.807) is 30.9 Å². The van der Waals surface area contributed by atoms with Crippen molar-refractivity contribution in [1.82, 2.24) is 19.7 Å². The Kier molecular flexibility index (Phi) is 3.66. The molecule has 0 N–H and O–H groups in total. The molecule has 0 radical (unpaired) electrons. The van der Waals surface area contributed by atoms with E-state index in [0.29, 0.717) is 24.7 Å². The van der Waals surface area contributed by atoms with Crippen LogP contribution in [-0.4, -0.2) is 51.8 Å². The molecule has 2 aromatic rings. The molecular weight excluding hydrogens is 314 g/mol. The molecule has 0 amide bonds. The molecule has 124 valence electrons. The quantitative estimate of drug-likeness (QED) is 0.823. The molecule has 0 saturated carbocycles. The van der Waals surface area contributed by atoms with E-state index in [9.17, 15) is 8.42 Å². The van der Waals surface area contributed by atoms with Gasteiger partial charge in [0.1, 0.15) is 5.82 Å². The van der Waals surface area contributed by atoms with Gasteiger partial charge in [-0.15, -0.1) is 0 Å². The number of anilines is 1. The van der Waals surface area contributed by atoms with Gasteiger partial charge in [-0.25, -0.2) is 18.1 Å². The van der Waals surface area contributed by atoms with Crippen molar-refractivity contribution in [3.63, 3.8) is 0 Å². The molecule has 1 aliphatic rings. The van der Waals surface area contributed by atoms with E-state index in [0.717, 1.165) is 11.4 Å². The highest BCUT2D eigenvalue weighted by atomic mass is 32.2. The van der Waals surface area contributed by atoms with Crippen molar-refractivity contribution in [1.29, 1.82) is 0 Å². The van der Waals surface area contributed by atoms with Gasteiger partial charge in [0.25, 0.3) is 0 Å². The van der Waals surface area contributed by atoms with Crippen LogP contribution in [0.2, 0.25) is 0 Å². The Morgan fingerprint density at radius 3 is 2.48 bits per heavy atom. The number of hydrogen-bond acceptors (Lipinski definition) is 6. The molecule has 7 nitrogen and oxygen atoms in total. The minimum Gasteiger partial charge on any atom is -0.353 e. The van der Waals surface area contributed by atoms with Crippen LogP contribution >= 0.6 is 0 Å². The first-order chi connectivity index (χ1) is 10.7. The summed E-state index contributed by atoms with van der Waals surface area (Å²) in [6.45, 7) is 8.24. The van der Waals surface area contributed by atoms with Crippen LogP contribution in [0.1, 0.15) is 25.2 Å². The van der Waals surface area contributed by atoms with Crippen LogP contribution in [0, 0.1) is 13.8 Å². The third kappa shape index (κ3) is 2.83. The number of hydrogen-bond donors (Lipinski definition) is 0. The van der Waals surface area contributed by atoms with Gasteiger partial charge in [0.05, 0.1) is 28.6 Å². The lowest BCUT2D eigenvalue weighted by Crippen LogP contribution is -2.53. The van der Waals surface area contributed by atoms with Crippen molar-refractivity contribution < 1.29 is 8.42 Å². The summed E-state index contributed by atoms with van der Waals surface area (Å²) in [5.74, 6) is 1.45. The van der Waals surface area contributed by atoms with E-state index >= 15 is 0 Å². The fourth-order valence-electron chi connectivity index (χ4n) is 2.80. The molecule has 8 heteroatoms. The van der Waals surface area contributed by atoms with Crippen molar-refractivity contribution >= 4 is 15.7 Å². The Bertz CT molecular complexity index is 841. The van der Waals surface area contributed by atoms with E-state index in [1.165, 1.54) is 0 Å². The molecule has 1 aliphatic heterocycles. The number of sulfone groups is 1. The molecule has 0 aromatic carbocycles. The largest absolute Gasteiger partial charge is 0.353 e. The van der Waals surface area contributed by atoms with Crippen LogP contribution in [0.3, 0.4) is 0 Å². The van der Waals surface area contributed by atoms with E-state index in [1.807, 2.05) is 24.8 Å². The minimum absolute atomic E-state index is 0.131. The maximum Gasteiger partial charge on any atom is 0.174 e. The summed E-state index contributed by atoms with van der Waals surface area (Å²) in [6, 6.07) is 1.98. The Labute approximate surface area is 136 Å². The molecule has 2 aromatic heterocycles. The van der Waals surface area contributed by atoms with Crippen molar-refractivity contribution in [2.45, 2.75) is 32.4 Å². The van der Waals surface area contributed by atoms with Crippen LogP contribution in [0.25, 0.3) is 5.82 Å². The lowest BCUT2D eigenvalue weighted by atomic mass is 10.2. The molecule has 3 heterocycles. The molecule has 0 atom stereocenters. The molecule has 1 saturated heterocycles. The predicted octanol–water partition coefficient (Wildman–Crippen LogP) is 1.29. The summed E-state index contributed by atoms with van der Waals surface area (Å²) in [5, 5.41) is 4.42. The van der Waals surface area contributed by atoms with Gasteiger partial charge in [-0.1, -0.05) is 0 Å². The Hall–Kier alpha value is -1.96. The maximum absolute atomic E-state index is 12.1. The highest BCUT2D eigenvalue weighted by molar-refractivity contribution is 7.92. The number of aromatic nitrogens is 4. The summed E-state index contributed by atoms with van der Waals surface area (Å²) < 4.78 is 25.2. The van der Waals surface area contributed by atoms with Gasteiger partial charge in [-0.2, -0.15) is 5.10 Å². The zero-order chi connectivity index (χ0) is 16.8. The average Bonchev–Trinajstić information content (AvgIpc) is 2.81. The molecular formula is C15H21N5O2S. The topological polar surface area (TPSA) is 81.0 Å². The zero-order valence-electron chi connectivity index (χ0n) is 13.8. The number of aryl methyl sites for hydroxylation is 2. The fraction of sp³-hybridized carbons (Fsp3) is 0.533. The molecule has 0 aliphatic carbocycles. The van der Waals surface area contributed by atoms with Crippen molar-refractivity contribution in [2.24, 2.45) is 0 Å². The van der Waals surface area contributed by atoms with Gasteiger partial charge in [0.2, 0.25) is 0 Å². The first-order valence-corrected chi connectivity index (χ1v) is 9.18. The second-order valence-electron chi connectivity index (χ2n) is 6.57. The summed E-state index contributed by atoms with van der Waals surface area (Å²) in [7, 11) is -3.07. The van der Waals surface area contributed by atoms with E-state index in [4.69, 9.17) is 0 Å². The van der Waals surface area contributed by atoms with Gasteiger partial charge in [-0.05, 0) is 33.8 Å². The van der Waals surface area contributed by atoms with Gasteiger partial charge in [-0.3, -0.25) is 4.98 Å². The molecule has 23 heavy (non-hydrogen) atoms. The Morgan fingerprint density at radius 1 is 1.17 bits per heavy atom. The molecule has 0 bridgehead atoms. The van der Waals surface area contributed by atoms with Gasteiger partial charge in [0.15, 0.2) is 15.7 Å². The van der Waals surface area contributed by atoms with Gasteiger partial charge >= 0.3 is 0 Å². The second kappa shape index (κ2) is 5.30. The van der Waals surface area contributed by atoms with Gasteiger partial charge in [0, 0.05) is 18.8 Å². The summed E-state index contributed by atoms with van der Waals surface area (Å²) in [5.41, 5.74) is 1.90. The lowest BCUT2D eigenvalue weighted by Gasteiger charge is -2.38. The third-order valence-corrected chi connectivity index (χ3v) is 6.74. The normalized spacial score (nSPS) is 19.7. The average molecular weight is 335 g/mol. The molecule has 1 fully saturated rings. The summed E-state index contributed by atoms with van der Waals surface area (Å²) in [6.07, 6.45) is 3.33. The molecule has 0 unspecified atom stereocenters. The van der Waals surface area contributed by atoms with Crippen molar-refractivity contribution in [3.8, 4) is 5.82 Å². The smallest absolute Gasteiger partial charge is 0.174 e. The minimum atomic E-state index is -3.07. The first kappa shape index (κ1) is 15.9. The monoisotopic (exact) mass is 335 g/mol. The van der Waals surface area contributed by atoms with Crippen LogP contribution in [0.4, 0.5) is 5.82 Å². The lowest BCUT2D eigenvalue weighted by molar-refractivity contribution is 0.521. The molecule has 0 spiro atoms. The maximum atomic E-state index is 12.1. The Morgan fingerprint density at radius 2 is 1.87 bits per heavy atom. The summed E-state index contributed by atoms with van der Waals surface area (Å²) in [4.78, 5) is 10.9. The predicted molar refractivity (Wildman–Crippen MR) is 88.7 cm³/mol. The zero-order valence-corrected chi connectivity index (χ0v) is 14.6. The highest BCUT2D eigenvalue weighted by Crippen LogP contribution is 2.26. The highest BCUT2D eigenvalue weighted by Gasteiger charge is 2.40. The van der Waals surface area contributed by atoms with Crippen LogP contribution in [0.5, 0.6) is 0 Å². The van der Waals surface area contributed by atoms with E-state index < -0.39 is 14.6 Å².